The molecule has 4 nitrogen and oxygen atoms in total. The summed E-state index contributed by atoms with van der Waals surface area (Å²) in [4.78, 5) is 27.0. The van der Waals surface area contributed by atoms with E-state index in [1.807, 2.05) is 21.1 Å². The Bertz CT molecular complexity index is 616. The van der Waals surface area contributed by atoms with Gasteiger partial charge in [-0.2, -0.15) is 0 Å². The van der Waals surface area contributed by atoms with Gasteiger partial charge in [0.05, 0.1) is 21.1 Å². The molecule has 0 unspecified atom stereocenters. The molecule has 5 heteroatoms. The Kier molecular flexibility index (Phi) is 29.8. The first-order valence-corrected chi connectivity index (χ1v) is 19.9. The first kappa shape index (κ1) is 43.7. The van der Waals surface area contributed by atoms with Gasteiger partial charge < -0.3 is 18.5 Å². The lowest BCUT2D eigenvalue weighted by Gasteiger charge is -2.39. The van der Waals surface area contributed by atoms with E-state index in [0.717, 1.165) is 25.7 Å². The number of rotatable bonds is 35. The van der Waals surface area contributed by atoms with Crippen LogP contribution in [0.1, 0.15) is 206 Å². The van der Waals surface area contributed by atoms with Crippen molar-refractivity contribution < 1.29 is 18.6 Å². The van der Waals surface area contributed by atoms with Crippen LogP contribution in [0.5, 0.6) is 0 Å². The van der Waals surface area contributed by atoms with E-state index in [-0.39, 0.29) is 11.6 Å². The molecule has 0 heterocycles. The Morgan fingerprint density at radius 2 is 0.682 bits per heavy atom. The van der Waals surface area contributed by atoms with Crippen molar-refractivity contribution in [1.82, 2.24) is 0 Å². The van der Waals surface area contributed by atoms with Crippen molar-refractivity contribution >= 4 is 21.0 Å². The zero-order valence-corrected chi connectivity index (χ0v) is 31.6. The summed E-state index contributed by atoms with van der Waals surface area (Å²) in [6.45, 7) is 4.92. The van der Waals surface area contributed by atoms with Gasteiger partial charge in [-0.05, 0) is 12.8 Å². The van der Waals surface area contributed by atoms with E-state index in [1.165, 1.54) is 154 Å². The van der Waals surface area contributed by atoms with E-state index in [1.54, 1.807) is 0 Å². The first-order chi connectivity index (χ1) is 21.2. The Hall–Kier alpha value is -0.310. The summed E-state index contributed by atoms with van der Waals surface area (Å²) < 4.78 is 6.18. The molecule has 0 bridgehead atoms. The summed E-state index contributed by atoms with van der Waals surface area (Å²) in [5.41, 5.74) is -1.37. The van der Waals surface area contributed by atoms with Crippen molar-refractivity contribution in [2.24, 2.45) is 0 Å². The summed E-state index contributed by atoms with van der Waals surface area (Å²) in [7, 11) is 9.28. The summed E-state index contributed by atoms with van der Waals surface area (Å²) in [6, 6.07) is 0. The summed E-state index contributed by atoms with van der Waals surface area (Å²) in [5, 5.41) is 0. The number of hydrogen-bond acceptors (Lipinski definition) is 3. The molecule has 0 spiro atoms. The van der Waals surface area contributed by atoms with Crippen LogP contribution < -0.4 is 0 Å². The van der Waals surface area contributed by atoms with Gasteiger partial charge in [0.1, 0.15) is 6.54 Å². The van der Waals surface area contributed by atoms with E-state index >= 15 is 0 Å². The molecule has 0 radical (unpaired) electrons. The number of carbonyl (C=O) groups excluding carboxylic acids is 2. The third-order valence-corrected chi connectivity index (χ3v) is 9.64. The van der Waals surface area contributed by atoms with Gasteiger partial charge in [0, 0.05) is 12.8 Å². The van der Waals surface area contributed by atoms with Crippen LogP contribution in [0.3, 0.4) is 0 Å². The summed E-state index contributed by atoms with van der Waals surface area (Å²) >= 11 is 0. The lowest BCUT2D eigenvalue weighted by atomic mass is 9.86. The number of nitrogens with zero attached hydrogens (tertiary/aromatic N) is 1. The number of likely N-dealkylation sites (N-methyl/N-ethyl adjacent to an activating group) is 1. The van der Waals surface area contributed by atoms with Crippen molar-refractivity contribution in [3.05, 3.63) is 0 Å². The first-order valence-electron chi connectivity index (χ1n) is 19.4. The molecule has 0 fully saturated rings. The summed E-state index contributed by atoms with van der Waals surface area (Å²) in [6.07, 6.45) is 37.0. The lowest BCUT2D eigenvalue weighted by Crippen LogP contribution is -2.58. The van der Waals surface area contributed by atoms with Crippen LogP contribution in [0.15, 0.2) is 0 Å². The van der Waals surface area contributed by atoms with Crippen LogP contribution >= 0.6 is 9.47 Å². The normalized spacial score (nSPS) is 12.2. The number of hydrogen-bond donors (Lipinski definition) is 0. The maximum Gasteiger partial charge on any atom is 0.204 e. The number of Topliss-reactive ketones (excluding diaryl/α,β-unsaturated/α-hetero) is 2. The monoisotopic (exact) mass is 640 g/mol. The fourth-order valence-corrected chi connectivity index (χ4v) is 6.80. The second-order valence-corrected chi connectivity index (χ2v) is 15.1. The topological polar surface area (TPSA) is 43.4 Å². The maximum absolute atomic E-state index is 13.5. The predicted octanol–water partition coefficient (Wildman–Crippen LogP) is 12.4. The molecule has 0 aromatic rings. The molecular weight excluding hydrogens is 561 g/mol. The highest BCUT2D eigenvalue weighted by atomic mass is 31.0. The quantitative estimate of drug-likeness (QED) is 0.0300. The molecule has 0 rings (SSSR count). The van der Waals surface area contributed by atoms with Gasteiger partial charge in [-0.1, -0.05) is 181 Å². The Balaban J connectivity index is 4.20. The average Bonchev–Trinajstić information content (AvgIpc) is 2.99. The minimum absolute atomic E-state index is 0.0464. The van der Waals surface area contributed by atoms with Gasteiger partial charge in [0.15, 0.2) is 11.6 Å². The molecular formula is C39H78NO3P. The van der Waals surface area contributed by atoms with Gasteiger partial charge >= 0.3 is 0 Å². The van der Waals surface area contributed by atoms with Gasteiger partial charge in [-0.15, -0.1) is 0 Å². The zero-order valence-electron chi connectivity index (χ0n) is 30.6. The van der Waals surface area contributed by atoms with Crippen LogP contribution in [-0.2, 0) is 14.1 Å². The van der Waals surface area contributed by atoms with Crippen molar-refractivity contribution in [2.45, 2.75) is 212 Å². The fraction of sp³-hybridized carbons (Fsp3) is 0.949. The second-order valence-electron chi connectivity index (χ2n) is 14.9. The fourth-order valence-electron chi connectivity index (χ4n) is 6.51. The van der Waals surface area contributed by atoms with Crippen LogP contribution in [0, 0.1) is 0 Å². The van der Waals surface area contributed by atoms with E-state index in [2.05, 4.69) is 23.3 Å². The standard InChI is InChI=1S/C39H78NO3P/c1-6-8-10-12-14-16-18-20-22-24-26-28-30-32-34-37(41)39(43-44,36-40(3,4)5)38(42)35-33-31-29-27-25-23-21-19-17-15-13-11-9-7-2/h44H,6-36H2,1-5H3. The molecule has 0 aliphatic carbocycles. The molecule has 262 valence electrons. The molecule has 0 saturated heterocycles. The minimum atomic E-state index is -1.37. The molecule has 0 aromatic carbocycles. The van der Waals surface area contributed by atoms with Crippen LogP contribution in [0.4, 0.5) is 0 Å². The van der Waals surface area contributed by atoms with Crippen molar-refractivity contribution in [1.29, 1.82) is 0 Å². The van der Waals surface area contributed by atoms with Crippen molar-refractivity contribution in [2.75, 3.05) is 27.7 Å². The molecule has 0 N–H and O–H groups in total. The van der Waals surface area contributed by atoms with Gasteiger partial charge in [-0.25, -0.2) is 0 Å². The van der Waals surface area contributed by atoms with Crippen molar-refractivity contribution in [3.63, 3.8) is 0 Å². The molecule has 44 heavy (non-hydrogen) atoms. The third-order valence-electron chi connectivity index (χ3n) is 9.29. The Morgan fingerprint density at radius 3 is 0.886 bits per heavy atom. The smallest absolute Gasteiger partial charge is 0.204 e. The number of carbonyl (C=O) groups is 2. The highest BCUT2D eigenvalue weighted by Crippen LogP contribution is 2.27. The predicted molar refractivity (Wildman–Crippen MR) is 195 cm³/mol. The third kappa shape index (κ3) is 24.9. The van der Waals surface area contributed by atoms with E-state index < -0.39 is 5.60 Å². The molecule has 0 saturated carbocycles. The average molecular weight is 640 g/mol. The number of quaternary nitrogens is 1. The van der Waals surface area contributed by atoms with Gasteiger partial charge in [0.25, 0.3) is 0 Å². The minimum Gasteiger partial charge on any atom is -0.541 e. The van der Waals surface area contributed by atoms with E-state index in [4.69, 9.17) is 4.52 Å². The van der Waals surface area contributed by atoms with Crippen molar-refractivity contribution in [3.8, 4) is 0 Å². The molecule has 0 aromatic heterocycles. The van der Waals surface area contributed by atoms with Crippen LogP contribution in [0.25, 0.3) is 0 Å². The highest BCUT2D eigenvalue weighted by molar-refractivity contribution is 7.10. The van der Waals surface area contributed by atoms with Crippen LogP contribution in [-0.4, -0.2) is 49.3 Å². The molecule has 0 aliphatic heterocycles. The summed E-state index contributed by atoms with van der Waals surface area (Å²) in [5.74, 6) is -0.0929. The zero-order chi connectivity index (χ0) is 32.8. The molecule has 0 atom stereocenters. The molecule has 0 amide bonds. The largest absolute Gasteiger partial charge is 0.541 e. The maximum atomic E-state index is 13.5. The number of unbranched alkanes of at least 4 members (excludes halogenated alkanes) is 26. The highest BCUT2D eigenvalue weighted by Gasteiger charge is 2.46. The molecule has 0 aliphatic rings. The lowest BCUT2D eigenvalue weighted by molar-refractivity contribution is -0.873. The Labute approximate surface area is 278 Å². The van der Waals surface area contributed by atoms with Gasteiger partial charge in [0.2, 0.25) is 5.60 Å². The second kappa shape index (κ2) is 30.1. The van der Waals surface area contributed by atoms with Gasteiger partial charge in [-0.3, -0.25) is 9.59 Å². The number of ketones is 2. The van der Waals surface area contributed by atoms with E-state index in [9.17, 15) is 9.59 Å². The van der Waals surface area contributed by atoms with Crippen LogP contribution in [0.2, 0.25) is 0 Å². The SMILES string of the molecule is CCCCCCCCCCCCCCCCC(=O)C(C[N+](C)(C)C)(O[PH-])C(=O)CCCCCCCCCCCCCCCC. The Morgan fingerprint density at radius 1 is 0.455 bits per heavy atom. The van der Waals surface area contributed by atoms with E-state index in [0.29, 0.717) is 23.9 Å².